The third-order valence-corrected chi connectivity index (χ3v) is 4.77. The summed E-state index contributed by atoms with van der Waals surface area (Å²) >= 11 is 0. The van der Waals surface area contributed by atoms with Gasteiger partial charge in [0.05, 0.1) is 18.2 Å². The van der Waals surface area contributed by atoms with E-state index in [0.717, 1.165) is 31.0 Å². The molecule has 5 nitrogen and oxygen atoms in total. The molecule has 1 heterocycles. The van der Waals surface area contributed by atoms with Gasteiger partial charge in [-0.25, -0.2) is 0 Å². The van der Waals surface area contributed by atoms with Crippen LogP contribution in [0.15, 0.2) is 24.3 Å². The minimum absolute atomic E-state index is 0.0626. The van der Waals surface area contributed by atoms with Gasteiger partial charge in [0.1, 0.15) is 0 Å². The predicted octanol–water partition coefficient (Wildman–Crippen LogP) is 3.22. The zero-order valence-corrected chi connectivity index (χ0v) is 16.5. The number of morpholine rings is 1. The molecule has 0 spiro atoms. The fourth-order valence-corrected chi connectivity index (χ4v) is 3.55. The van der Waals surface area contributed by atoms with Crippen molar-refractivity contribution < 1.29 is 9.53 Å². The quantitative estimate of drug-likeness (QED) is 0.858. The van der Waals surface area contributed by atoms with Gasteiger partial charge in [-0.2, -0.15) is 0 Å². The zero-order valence-electron chi connectivity index (χ0n) is 16.5. The molecule has 0 aliphatic carbocycles. The second-order valence-electron chi connectivity index (χ2n) is 7.45. The SMILES string of the molecule is CCN(C)c1cccc(NC(=O)C(C(C)C)N2CC(C)OC(C)C2)c1. The lowest BCUT2D eigenvalue weighted by molar-refractivity contribution is -0.130. The van der Waals surface area contributed by atoms with Gasteiger partial charge in [0.15, 0.2) is 0 Å². The summed E-state index contributed by atoms with van der Waals surface area (Å²) in [5.41, 5.74) is 1.96. The minimum atomic E-state index is -0.152. The number of carbonyl (C=O) groups excluding carboxylic acids is 1. The molecule has 0 radical (unpaired) electrons. The lowest BCUT2D eigenvalue weighted by atomic mass is 9.99. The molecule has 1 N–H and O–H groups in total. The summed E-state index contributed by atoms with van der Waals surface area (Å²) in [5.74, 6) is 0.298. The minimum Gasteiger partial charge on any atom is -0.375 e. The number of nitrogens with one attached hydrogen (secondary N) is 1. The van der Waals surface area contributed by atoms with Crippen LogP contribution in [0.5, 0.6) is 0 Å². The number of anilines is 2. The van der Waals surface area contributed by atoms with Crippen molar-refractivity contribution in [2.24, 2.45) is 5.92 Å². The number of nitrogens with zero attached hydrogens (tertiary/aromatic N) is 2. The first-order valence-corrected chi connectivity index (χ1v) is 9.33. The van der Waals surface area contributed by atoms with Gasteiger partial charge in [0.25, 0.3) is 0 Å². The fraction of sp³-hybridized carbons (Fsp3) is 0.650. The number of rotatable bonds is 6. The highest BCUT2D eigenvalue weighted by molar-refractivity contribution is 5.95. The van der Waals surface area contributed by atoms with Crippen molar-refractivity contribution in [1.82, 2.24) is 4.90 Å². The Labute approximate surface area is 152 Å². The largest absolute Gasteiger partial charge is 0.375 e. The number of amides is 1. The number of ether oxygens (including phenoxy) is 1. The van der Waals surface area contributed by atoms with Crippen LogP contribution in [0.1, 0.15) is 34.6 Å². The van der Waals surface area contributed by atoms with Crippen LogP contribution in [0.3, 0.4) is 0 Å². The van der Waals surface area contributed by atoms with Crippen LogP contribution in [-0.2, 0) is 9.53 Å². The molecule has 1 fully saturated rings. The molecule has 1 aliphatic rings. The molecular weight excluding hydrogens is 314 g/mol. The standard InChI is InChI=1S/C20H33N3O2/c1-7-22(6)18-10-8-9-17(11-18)21-20(24)19(14(2)3)23-12-15(4)25-16(5)13-23/h8-11,14-16,19H,7,12-13H2,1-6H3,(H,21,24). The maximum Gasteiger partial charge on any atom is 0.241 e. The number of hydrogen-bond acceptors (Lipinski definition) is 4. The lowest BCUT2D eigenvalue weighted by Gasteiger charge is -2.41. The maximum atomic E-state index is 13.0. The van der Waals surface area contributed by atoms with E-state index >= 15 is 0 Å². The van der Waals surface area contributed by atoms with E-state index in [0.29, 0.717) is 0 Å². The Balaban J connectivity index is 2.13. The smallest absolute Gasteiger partial charge is 0.241 e. The van der Waals surface area contributed by atoms with Crippen LogP contribution in [-0.4, -0.2) is 55.7 Å². The van der Waals surface area contributed by atoms with E-state index < -0.39 is 0 Å². The first kappa shape index (κ1) is 19.7. The molecule has 1 amide bonds. The summed E-state index contributed by atoms with van der Waals surface area (Å²) in [4.78, 5) is 17.4. The van der Waals surface area contributed by atoms with Crippen molar-refractivity contribution in [3.63, 3.8) is 0 Å². The first-order valence-electron chi connectivity index (χ1n) is 9.33. The molecule has 1 aliphatic heterocycles. The second-order valence-corrected chi connectivity index (χ2v) is 7.45. The Kier molecular flexibility index (Phi) is 6.85. The van der Waals surface area contributed by atoms with Gasteiger partial charge >= 0.3 is 0 Å². The normalized spacial score (nSPS) is 22.7. The molecule has 25 heavy (non-hydrogen) atoms. The van der Waals surface area contributed by atoms with Crippen LogP contribution in [0, 0.1) is 5.92 Å². The van der Waals surface area contributed by atoms with E-state index in [2.05, 4.69) is 55.8 Å². The highest BCUT2D eigenvalue weighted by Gasteiger charge is 2.34. The van der Waals surface area contributed by atoms with Crippen molar-refractivity contribution in [2.75, 3.05) is 36.9 Å². The van der Waals surface area contributed by atoms with Gasteiger partial charge in [-0.3, -0.25) is 9.69 Å². The monoisotopic (exact) mass is 347 g/mol. The molecular formula is C20H33N3O2. The van der Waals surface area contributed by atoms with Crippen molar-refractivity contribution >= 4 is 17.3 Å². The van der Waals surface area contributed by atoms with Crippen LogP contribution < -0.4 is 10.2 Å². The van der Waals surface area contributed by atoms with E-state index in [1.807, 2.05) is 25.2 Å². The van der Waals surface area contributed by atoms with Gasteiger partial charge in [-0.1, -0.05) is 19.9 Å². The highest BCUT2D eigenvalue weighted by atomic mass is 16.5. The Morgan fingerprint density at radius 2 is 1.96 bits per heavy atom. The van der Waals surface area contributed by atoms with Gasteiger partial charge < -0.3 is 15.0 Å². The molecule has 1 saturated heterocycles. The summed E-state index contributed by atoms with van der Waals surface area (Å²) in [5, 5.41) is 3.12. The van der Waals surface area contributed by atoms with E-state index in [1.165, 1.54) is 0 Å². The molecule has 1 aromatic rings. The third kappa shape index (κ3) is 5.19. The number of carbonyl (C=O) groups is 1. The van der Waals surface area contributed by atoms with Crippen molar-refractivity contribution in [3.8, 4) is 0 Å². The summed E-state index contributed by atoms with van der Waals surface area (Å²) in [7, 11) is 2.05. The molecule has 0 bridgehead atoms. The summed E-state index contributed by atoms with van der Waals surface area (Å²) < 4.78 is 5.82. The molecule has 0 saturated carbocycles. The lowest BCUT2D eigenvalue weighted by Crippen LogP contribution is -2.55. The number of hydrogen-bond donors (Lipinski definition) is 1. The molecule has 0 aromatic heterocycles. The second kappa shape index (κ2) is 8.68. The first-order chi connectivity index (χ1) is 11.8. The predicted molar refractivity (Wildman–Crippen MR) is 104 cm³/mol. The Hall–Kier alpha value is -1.59. The average molecular weight is 348 g/mol. The zero-order chi connectivity index (χ0) is 18.6. The van der Waals surface area contributed by atoms with Crippen LogP contribution >= 0.6 is 0 Å². The van der Waals surface area contributed by atoms with Crippen molar-refractivity contribution in [3.05, 3.63) is 24.3 Å². The fourth-order valence-electron chi connectivity index (χ4n) is 3.55. The van der Waals surface area contributed by atoms with E-state index in [1.54, 1.807) is 0 Å². The Morgan fingerprint density at radius 1 is 1.32 bits per heavy atom. The Bertz CT molecular complexity index is 566. The van der Waals surface area contributed by atoms with Gasteiger partial charge in [0.2, 0.25) is 5.91 Å². The van der Waals surface area contributed by atoms with E-state index in [9.17, 15) is 4.79 Å². The van der Waals surface area contributed by atoms with Gasteiger partial charge in [0, 0.05) is 38.1 Å². The van der Waals surface area contributed by atoms with Crippen LogP contribution in [0.25, 0.3) is 0 Å². The topological polar surface area (TPSA) is 44.8 Å². The average Bonchev–Trinajstić information content (AvgIpc) is 2.53. The molecule has 1 aromatic carbocycles. The van der Waals surface area contributed by atoms with Crippen LogP contribution in [0.2, 0.25) is 0 Å². The summed E-state index contributed by atoms with van der Waals surface area (Å²) in [6.07, 6.45) is 0.304. The highest BCUT2D eigenvalue weighted by Crippen LogP contribution is 2.22. The van der Waals surface area contributed by atoms with E-state index in [4.69, 9.17) is 4.74 Å². The van der Waals surface area contributed by atoms with Crippen LogP contribution in [0.4, 0.5) is 11.4 Å². The molecule has 5 heteroatoms. The maximum absolute atomic E-state index is 13.0. The molecule has 2 rings (SSSR count). The van der Waals surface area contributed by atoms with Crippen molar-refractivity contribution in [1.29, 1.82) is 0 Å². The molecule has 3 unspecified atom stereocenters. The summed E-state index contributed by atoms with van der Waals surface area (Å²) in [6.45, 7) is 13.0. The molecule has 3 atom stereocenters. The third-order valence-electron chi connectivity index (χ3n) is 4.77. The van der Waals surface area contributed by atoms with E-state index in [-0.39, 0.29) is 30.1 Å². The summed E-state index contributed by atoms with van der Waals surface area (Å²) in [6, 6.07) is 7.88. The van der Waals surface area contributed by atoms with Gasteiger partial charge in [-0.15, -0.1) is 0 Å². The molecule has 140 valence electrons. The van der Waals surface area contributed by atoms with Crippen molar-refractivity contribution in [2.45, 2.75) is 52.9 Å². The van der Waals surface area contributed by atoms with Gasteiger partial charge in [-0.05, 0) is 44.9 Å². The Morgan fingerprint density at radius 3 is 2.52 bits per heavy atom. The number of benzene rings is 1.